The van der Waals surface area contributed by atoms with Crippen LogP contribution in [-0.2, 0) is 7.05 Å². The Kier molecular flexibility index (Phi) is 4.81. The van der Waals surface area contributed by atoms with Crippen LogP contribution in [-0.4, -0.2) is 57.0 Å². The Hall–Kier alpha value is -2.14. The zero-order chi connectivity index (χ0) is 18.1. The Balaban J connectivity index is 1.47. The lowest BCUT2D eigenvalue weighted by atomic mass is 10.1. The molecule has 26 heavy (non-hydrogen) atoms. The maximum atomic E-state index is 13.1. The quantitative estimate of drug-likeness (QED) is 0.849. The van der Waals surface area contributed by atoms with E-state index in [4.69, 9.17) is 0 Å². The number of benzene rings is 1. The Bertz CT molecular complexity index is 767. The molecule has 2 fully saturated rings. The fourth-order valence-electron chi connectivity index (χ4n) is 4.40. The van der Waals surface area contributed by atoms with Gasteiger partial charge >= 0.3 is 0 Å². The Morgan fingerprint density at radius 2 is 1.92 bits per heavy atom. The molecule has 1 unspecified atom stereocenters. The number of imidazole rings is 1. The van der Waals surface area contributed by atoms with E-state index in [-0.39, 0.29) is 5.91 Å². The number of likely N-dealkylation sites (tertiary alicyclic amines) is 2. The largest absolute Gasteiger partial charge is 0.334 e. The SMILES string of the molecule is C[C@H]1CCCN1CC1CCCN1C(=O)c1ccc(-c2nccn2C)cc1. The van der Waals surface area contributed by atoms with Gasteiger partial charge in [-0.1, -0.05) is 12.1 Å². The molecule has 0 spiro atoms. The van der Waals surface area contributed by atoms with Gasteiger partial charge < -0.3 is 9.47 Å². The molecule has 0 aliphatic carbocycles. The summed E-state index contributed by atoms with van der Waals surface area (Å²) in [6.07, 6.45) is 8.54. The summed E-state index contributed by atoms with van der Waals surface area (Å²) in [4.78, 5) is 22.1. The number of carbonyl (C=O) groups excluding carboxylic acids is 1. The van der Waals surface area contributed by atoms with Crippen molar-refractivity contribution in [2.45, 2.75) is 44.7 Å². The molecule has 1 aromatic heterocycles. The average molecular weight is 352 g/mol. The predicted molar refractivity (Wildman–Crippen MR) is 103 cm³/mol. The second kappa shape index (κ2) is 7.23. The van der Waals surface area contributed by atoms with Crippen molar-refractivity contribution in [2.75, 3.05) is 19.6 Å². The molecule has 0 N–H and O–H groups in total. The lowest BCUT2D eigenvalue weighted by Gasteiger charge is -2.30. The van der Waals surface area contributed by atoms with E-state index in [1.165, 1.54) is 19.4 Å². The number of carbonyl (C=O) groups is 1. The Morgan fingerprint density at radius 3 is 2.58 bits per heavy atom. The third-order valence-electron chi connectivity index (χ3n) is 5.99. The zero-order valence-electron chi connectivity index (χ0n) is 15.8. The Morgan fingerprint density at radius 1 is 1.15 bits per heavy atom. The van der Waals surface area contributed by atoms with Crippen molar-refractivity contribution in [3.63, 3.8) is 0 Å². The molecule has 0 bridgehead atoms. The number of rotatable bonds is 4. The van der Waals surface area contributed by atoms with Crippen LogP contribution < -0.4 is 0 Å². The minimum absolute atomic E-state index is 0.172. The lowest BCUT2D eigenvalue weighted by molar-refractivity contribution is 0.0697. The molecule has 2 atom stereocenters. The highest BCUT2D eigenvalue weighted by Crippen LogP contribution is 2.25. The smallest absolute Gasteiger partial charge is 0.254 e. The molecule has 0 radical (unpaired) electrons. The molecular weight excluding hydrogens is 324 g/mol. The van der Waals surface area contributed by atoms with Gasteiger partial charge in [-0.3, -0.25) is 9.69 Å². The summed E-state index contributed by atoms with van der Waals surface area (Å²) in [5.41, 5.74) is 1.82. The molecule has 0 saturated carbocycles. The first-order valence-electron chi connectivity index (χ1n) is 9.76. The van der Waals surface area contributed by atoms with Crippen LogP contribution in [0.3, 0.4) is 0 Å². The average Bonchev–Trinajstić information content (AvgIpc) is 3.38. The standard InChI is InChI=1S/C21H28N4O/c1-16-5-3-12-24(16)15-19-6-4-13-25(19)21(26)18-9-7-17(8-10-18)20-22-11-14-23(20)2/h7-11,14,16,19H,3-6,12-13,15H2,1-2H3/t16-,19?/m0/s1. The van der Waals surface area contributed by atoms with Crippen molar-refractivity contribution in [1.82, 2.24) is 19.4 Å². The van der Waals surface area contributed by atoms with Gasteiger partial charge in [-0.05, 0) is 51.3 Å². The number of amides is 1. The van der Waals surface area contributed by atoms with Gasteiger partial charge in [0.2, 0.25) is 0 Å². The minimum atomic E-state index is 0.172. The first-order chi connectivity index (χ1) is 12.6. The van der Waals surface area contributed by atoms with Crippen LogP contribution in [0.5, 0.6) is 0 Å². The highest BCUT2D eigenvalue weighted by atomic mass is 16.2. The summed E-state index contributed by atoms with van der Waals surface area (Å²) < 4.78 is 1.99. The van der Waals surface area contributed by atoms with Gasteiger partial charge in [-0.15, -0.1) is 0 Å². The summed E-state index contributed by atoms with van der Waals surface area (Å²) in [5, 5.41) is 0. The molecule has 4 rings (SSSR count). The monoisotopic (exact) mass is 352 g/mol. The van der Waals surface area contributed by atoms with Crippen molar-refractivity contribution >= 4 is 5.91 Å². The van der Waals surface area contributed by atoms with E-state index in [1.54, 1.807) is 6.20 Å². The molecule has 3 heterocycles. The van der Waals surface area contributed by atoms with Gasteiger partial charge in [0.05, 0.1) is 0 Å². The number of aryl methyl sites for hydroxylation is 1. The second-order valence-electron chi connectivity index (χ2n) is 7.72. The van der Waals surface area contributed by atoms with Crippen LogP contribution in [0.25, 0.3) is 11.4 Å². The molecule has 1 aromatic carbocycles. The summed E-state index contributed by atoms with van der Waals surface area (Å²) in [5.74, 6) is 1.09. The number of hydrogen-bond acceptors (Lipinski definition) is 3. The molecule has 5 heteroatoms. The number of hydrogen-bond donors (Lipinski definition) is 0. The van der Waals surface area contributed by atoms with Crippen LogP contribution in [0.4, 0.5) is 0 Å². The van der Waals surface area contributed by atoms with Crippen molar-refractivity contribution < 1.29 is 4.79 Å². The van der Waals surface area contributed by atoms with E-state index in [1.807, 2.05) is 42.1 Å². The zero-order valence-corrected chi connectivity index (χ0v) is 15.8. The van der Waals surface area contributed by atoms with Crippen molar-refractivity contribution in [3.8, 4) is 11.4 Å². The van der Waals surface area contributed by atoms with Crippen LogP contribution in [0.15, 0.2) is 36.7 Å². The maximum absolute atomic E-state index is 13.1. The van der Waals surface area contributed by atoms with E-state index in [9.17, 15) is 4.79 Å². The van der Waals surface area contributed by atoms with Gasteiger partial charge in [0.1, 0.15) is 5.82 Å². The van der Waals surface area contributed by atoms with Crippen molar-refractivity contribution in [2.24, 2.45) is 7.05 Å². The van der Waals surface area contributed by atoms with E-state index >= 15 is 0 Å². The molecule has 2 aliphatic heterocycles. The van der Waals surface area contributed by atoms with Crippen LogP contribution >= 0.6 is 0 Å². The molecule has 5 nitrogen and oxygen atoms in total. The first-order valence-corrected chi connectivity index (χ1v) is 9.76. The van der Waals surface area contributed by atoms with Gasteiger partial charge in [0, 0.05) is 55.7 Å². The van der Waals surface area contributed by atoms with Crippen LogP contribution in [0.2, 0.25) is 0 Å². The van der Waals surface area contributed by atoms with Gasteiger partial charge in [0.25, 0.3) is 5.91 Å². The van der Waals surface area contributed by atoms with Gasteiger partial charge in [-0.2, -0.15) is 0 Å². The van der Waals surface area contributed by atoms with Crippen molar-refractivity contribution in [3.05, 3.63) is 42.2 Å². The number of nitrogens with zero attached hydrogens (tertiary/aromatic N) is 4. The summed E-state index contributed by atoms with van der Waals surface area (Å²) in [6.45, 7) is 5.40. The fourth-order valence-corrected chi connectivity index (χ4v) is 4.40. The first kappa shape index (κ1) is 17.3. The van der Waals surface area contributed by atoms with Crippen LogP contribution in [0, 0.1) is 0 Å². The normalized spacial score (nSPS) is 23.7. The second-order valence-corrected chi connectivity index (χ2v) is 7.72. The highest BCUT2D eigenvalue weighted by molar-refractivity contribution is 5.95. The molecule has 2 aromatic rings. The summed E-state index contributed by atoms with van der Waals surface area (Å²) in [6, 6.07) is 8.91. The minimum Gasteiger partial charge on any atom is -0.334 e. The predicted octanol–water partition coefficient (Wildman–Crippen LogP) is 3.18. The summed E-state index contributed by atoms with van der Waals surface area (Å²) in [7, 11) is 1.98. The molecule has 1 amide bonds. The van der Waals surface area contributed by atoms with Crippen molar-refractivity contribution in [1.29, 1.82) is 0 Å². The molecule has 2 saturated heterocycles. The van der Waals surface area contributed by atoms with E-state index in [2.05, 4.69) is 21.7 Å². The number of aromatic nitrogens is 2. The highest BCUT2D eigenvalue weighted by Gasteiger charge is 2.32. The van der Waals surface area contributed by atoms with E-state index in [0.717, 1.165) is 42.9 Å². The van der Waals surface area contributed by atoms with E-state index < -0.39 is 0 Å². The topological polar surface area (TPSA) is 41.4 Å². The third-order valence-corrected chi connectivity index (χ3v) is 5.99. The maximum Gasteiger partial charge on any atom is 0.254 e. The van der Waals surface area contributed by atoms with Gasteiger partial charge in [0.15, 0.2) is 0 Å². The molecular formula is C21H28N4O. The van der Waals surface area contributed by atoms with E-state index in [0.29, 0.717) is 12.1 Å². The van der Waals surface area contributed by atoms with Gasteiger partial charge in [-0.25, -0.2) is 4.98 Å². The van der Waals surface area contributed by atoms with Crippen LogP contribution in [0.1, 0.15) is 43.0 Å². The fraction of sp³-hybridized carbons (Fsp3) is 0.524. The molecule has 2 aliphatic rings. The molecule has 138 valence electrons. The lowest BCUT2D eigenvalue weighted by Crippen LogP contribution is -2.44. The third kappa shape index (κ3) is 3.28. The summed E-state index contributed by atoms with van der Waals surface area (Å²) >= 11 is 0. The Labute approximate surface area is 155 Å².